The topological polar surface area (TPSA) is 34.2 Å². The Bertz CT molecular complexity index is 869. The molecule has 0 saturated carbocycles. The lowest BCUT2D eigenvalue weighted by atomic mass is 9.82. The van der Waals surface area contributed by atoms with Crippen molar-refractivity contribution in [1.82, 2.24) is 10.3 Å². The van der Waals surface area contributed by atoms with Crippen molar-refractivity contribution < 1.29 is 4.74 Å². The normalized spacial score (nSPS) is 16.8. The highest BCUT2D eigenvalue weighted by molar-refractivity contribution is 9.10. The van der Waals surface area contributed by atoms with Crippen molar-refractivity contribution in [2.45, 2.75) is 24.9 Å². The predicted molar refractivity (Wildman–Crippen MR) is 104 cm³/mol. The molecule has 0 spiro atoms. The van der Waals surface area contributed by atoms with Gasteiger partial charge < -0.3 is 10.1 Å². The highest BCUT2D eigenvalue weighted by Crippen LogP contribution is 2.34. The minimum Gasteiger partial charge on any atom is -0.381 e. The van der Waals surface area contributed by atoms with Crippen molar-refractivity contribution >= 4 is 26.8 Å². The summed E-state index contributed by atoms with van der Waals surface area (Å²) in [5.41, 5.74) is 3.57. The van der Waals surface area contributed by atoms with Crippen LogP contribution in [0.25, 0.3) is 10.9 Å². The maximum absolute atomic E-state index is 5.63. The third kappa shape index (κ3) is 3.47. The molecule has 3 aromatic rings. The van der Waals surface area contributed by atoms with E-state index in [1.54, 1.807) is 0 Å². The van der Waals surface area contributed by atoms with Gasteiger partial charge in [0.15, 0.2) is 0 Å². The van der Waals surface area contributed by atoms with Gasteiger partial charge in [-0.3, -0.25) is 4.98 Å². The second-order valence-corrected chi connectivity index (χ2v) is 7.47. The maximum atomic E-state index is 5.63. The van der Waals surface area contributed by atoms with Gasteiger partial charge in [0.05, 0.1) is 5.52 Å². The Morgan fingerprint density at radius 3 is 2.68 bits per heavy atom. The van der Waals surface area contributed by atoms with Gasteiger partial charge in [-0.05, 0) is 42.2 Å². The Morgan fingerprint density at radius 1 is 1.04 bits per heavy atom. The zero-order valence-electron chi connectivity index (χ0n) is 14.0. The zero-order chi connectivity index (χ0) is 17.1. The summed E-state index contributed by atoms with van der Waals surface area (Å²) in [6, 6.07) is 19.1. The summed E-state index contributed by atoms with van der Waals surface area (Å²) in [5.74, 6) is 0. The fourth-order valence-electron chi connectivity index (χ4n) is 3.65. The lowest BCUT2D eigenvalue weighted by Crippen LogP contribution is -2.46. The number of nitrogens with zero attached hydrogens (tertiary/aromatic N) is 1. The van der Waals surface area contributed by atoms with Gasteiger partial charge in [-0.2, -0.15) is 0 Å². The molecule has 2 heterocycles. The van der Waals surface area contributed by atoms with Crippen LogP contribution in [0.2, 0.25) is 0 Å². The van der Waals surface area contributed by atoms with E-state index in [4.69, 9.17) is 4.74 Å². The molecule has 25 heavy (non-hydrogen) atoms. The zero-order valence-corrected chi connectivity index (χ0v) is 15.6. The van der Waals surface area contributed by atoms with E-state index in [9.17, 15) is 0 Å². The number of benzene rings is 2. The molecule has 4 heteroatoms. The molecule has 1 aromatic heterocycles. The number of ether oxygens (including phenoxy) is 1. The van der Waals surface area contributed by atoms with Crippen molar-refractivity contribution in [1.29, 1.82) is 0 Å². The average Bonchev–Trinajstić information content (AvgIpc) is 2.67. The molecule has 1 N–H and O–H groups in total. The van der Waals surface area contributed by atoms with Gasteiger partial charge in [0.2, 0.25) is 0 Å². The van der Waals surface area contributed by atoms with Crippen molar-refractivity contribution in [3.05, 3.63) is 76.4 Å². The Hall–Kier alpha value is -1.75. The molecule has 1 saturated heterocycles. The van der Waals surface area contributed by atoms with Crippen LogP contribution < -0.4 is 5.32 Å². The summed E-state index contributed by atoms with van der Waals surface area (Å²) in [5, 5.41) is 5.03. The monoisotopic (exact) mass is 396 g/mol. The highest BCUT2D eigenvalue weighted by Gasteiger charge is 2.34. The number of aromatic nitrogens is 1. The summed E-state index contributed by atoms with van der Waals surface area (Å²) >= 11 is 3.61. The van der Waals surface area contributed by atoms with Crippen molar-refractivity contribution in [3.8, 4) is 0 Å². The number of halogens is 1. The lowest BCUT2D eigenvalue weighted by Gasteiger charge is -2.39. The molecular weight excluding hydrogens is 376 g/mol. The van der Waals surface area contributed by atoms with Crippen LogP contribution in [0.4, 0.5) is 0 Å². The van der Waals surface area contributed by atoms with Crippen LogP contribution in [0.1, 0.15) is 24.0 Å². The molecular formula is C21H21BrN2O. The van der Waals surface area contributed by atoms with Gasteiger partial charge in [0.1, 0.15) is 0 Å². The van der Waals surface area contributed by atoms with Gasteiger partial charge in [-0.25, -0.2) is 0 Å². The van der Waals surface area contributed by atoms with Crippen LogP contribution in [0, 0.1) is 0 Å². The fourth-order valence-corrected chi connectivity index (χ4v) is 4.05. The molecule has 128 valence electrons. The molecule has 1 fully saturated rings. The Morgan fingerprint density at radius 2 is 1.84 bits per heavy atom. The van der Waals surface area contributed by atoms with Gasteiger partial charge in [0.25, 0.3) is 0 Å². The second kappa shape index (κ2) is 7.24. The van der Waals surface area contributed by atoms with Gasteiger partial charge in [-0.1, -0.05) is 52.3 Å². The standard InChI is InChI=1S/C21H21BrN2O/c22-19-8-2-7-18(14-19)21(9-12-25-13-10-21)24-15-17-5-1-4-16-6-3-11-23-20(16)17/h1-8,11,14,24H,9-10,12-13,15H2. The molecule has 0 bridgehead atoms. The molecule has 0 radical (unpaired) electrons. The summed E-state index contributed by atoms with van der Waals surface area (Å²) in [6.07, 6.45) is 3.81. The number of pyridine rings is 1. The summed E-state index contributed by atoms with van der Waals surface area (Å²) in [6.45, 7) is 2.36. The molecule has 4 rings (SSSR count). The van der Waals surface area contributed by atoms with E-state index in [-0.39, 0.29) is 5.54 Å². The Kier molecular flexibility index (Phi) is 4.84. The molecule has 2 aromatic carbocycles. The van der Waals surface area contributed by atoms with Crippen molar-refractivity contribution in [2.75, 3.05) is 13.2 Å². The minimum atomic E-state index is -0.0566. The molecule has 0 atom stereocenters. The third-order valence-corrected chi connectivity index (χ3v) is 5.55. The summed E-state index contributed by atoms with van der Waals surface area (Å²) in [7, 11) is 0. The van der Waals surface area contributed by atoms with Gasteiger partial charge >= 0.3 is 0 Å². The first-order valence-electron chi connectivity index (χ1n) is 8.68. The van der Waals surface area contributed by atoms with E-state index >= 15 is 0 Å². The number of fused-ring (bicyclic) bond motifs is 1. The molecule has 1 aliphatic heterocycles. The van der Waals surface area contributed by atoms with E-state index < -0.39 is 0 Å². The van der Waals surface area contributed by atoms with E-state index in [1.165, 1.54) is 16.5 Å². The number of hydrogen-bond donors (Lipinski definition) is 1. The minimum absolute atomic E-state index is 0.0566. The number of para-hydroxylation sites is 1. The smallest absolute Gasteiger partial charge is 0.0746 e. The Balaban J connectivity index is 1.65. The van der Waals surface area contributed by atoms with E-state index in [2.05, 4.69) is 74.8 Å². The number of nitrogens with one attached hydrogen (secondary N) is 1. The van der Waals surface area contributed by atoms with Crippen LogP contribution in [-0.2, 0) is 16.8 Å². The third-order valence-electron chi connectivity index (χ3n) is 5.06. The van der Waals surface area contributed by atoms with Crippen LogP contribution in [0.5, 0.6) is 0 Å². The number of hydrogen-bond acceptors (Lipinski definition) is 3. The highest BCUT2D eigenvalue weighted by atomic mass is 79.9. The molecule has 0 unspecified atom stereocenters. The maximum Gasteiger partial charge on any atom is 0.0746 e. The molecule has 0 amide bonds. The van der Waals surface area contributed by atoms with E-state index in [0.717, 1.165) is 42.6 Å². The average molecular weight is 397 g/mol. The van der Waals surface area contributed by atoms with Crippen molar-refractivity contribution in [2.24, 2.45) is 0 Å². The summed E-state index contributed by atoms with van der Waals surface area (Å²) in [4.78, 5) is 4.58. The first kappa shape index (κ1) is 16.7. The van der Waals surface area contributed by atoms with Crippen molar-refractivity contribution in [3.63, 3.8) is 0 Å². The Labute approximate surface area is 156 Å². The lowest BCUT2D eigenvalue weighted by molar-refractivity contribution is 0.0358. The van der Waals surface area contributed by atoms with Crippen LogP contribution in [0.3, 0.4) is 0 Å². The largest absolute Gasteiger partial charge is 0.381 e. The van der Waals surface area contributed by atoms with Crippen LogP contribution in [-0.4, -0.2) is 18.2 Å². The first-order valence-corrected chi connectivity index (χ1v) is 9.48. The quantitative estimate of drug-likeness (QED) is 0.687. The molecule has 0 aliphatic carbocycles. The summed E-state index contributed by atoms with van der Waals surface area (Å²) < 4.78 is 6.75. The van der Waals surface area contributed by atoms with Crippen LogP contribution in [0.15, 0.2) is 65.3 Å². The second-order valence-electron chi connectivity index (χ2n) is 6.55. The van der Waals surface area contributed by atoms with Gasteiger partial charge in [0, 0.05) is 41.4 Å². The fraction of sp³-hybridized carbons (Fsp3) is 0.286. The number of rotatable bonds is 4. The van der Waals surface area contributed by atoms with E-state index in [0.29, 0.717) is 0 Å². The predicted octanol–water partition coefficient (Wildman–Crippen LogP) is 4.79. The molecule has 1 aliphatic rings. The first-order chi connectivity index (χ1) is 12.3. The van der Waals surface area contributed by atoms with Crippen LogP contribution >= 0.6 is 15.9 Å². The van der Waals surface area contributed by atoms with E-state index in [1.807, 2.05) is 12.3 Å². The van der Waals surface area contributed by atoms with Gasteiger partial charge in [-0.15, -0.1) is 0 Å². The molecule has 3 nitrogen and oxygen atoms in total. The SMILES string of the molecule is Brc1cccc(C2(NCc3cccc4cccnc34)CCOCC2)c1.